The first-order chi connectivity index (χ1) is 21.7. The van der Waals surface area contributed by atoms with Crippen molar-refractivity contribution >= 4 is 34.8 Å². The highest BCUT2D eigenvalue weighted by Crippen LogP contribution is 2.50. The third-order valence-corrected chi connectivity index (χ3v) is 9.22. The number of ether oxygens (including phenoxy) is 1. The second-order valence-electron chi connectivity index (χ2n) is 12.0. The molecule has 2 bridgehead atoms. The molecule has 3 N–H and O–H groups in total. The van der Waals surface area contributed by atoms with Gasteiger partial charge in [0.2, 0.25) is 5.91 Å². The number of benzene rings is 1. The van der Waals surface area contributed by atoms with Gasteiger partial charge in [0.15, 0.2) is 5.75 Å². The number of hydrogen-bond donors (Lipinski definition) is 3. The number of nitrogens with one attached hydrogen (secondary N) is 3. The van der Waals surface area contributed by atoms with E-state index in [4.69, 9.17) is 16.3 Å². The Morgan fingerprint density at radius 2 is 2.11 bits per heavy atom. The van der Waals surface area contributed by atoms with E-state index >= 15 is 0 Å². The molecule has 2 amide bonds. The number of pyridine rings is 1. The van der Waals surface area contributed by atoms with Crippen molar-refractivity contribution in [2.75, 3.05) is 45.2 Å². The standard InChI is InChI=1S/C33H31ClF2N6O3/c1-45-30-23(34)4-2-5-25(30)40-29-27-24(9-12-38-31(27)44)39-28(29)22-8-11-37-16-21(22)7-10-32-14-20(15-32)17-42(32)26(43)6-3-13-41-18-33(35,36)19-41/h2-6,8,11,16,20,39-40H,9,12-15,17-19H2,1H3,(H,38,44)/b6-3+. The number of H-pyrrole nitrogens is 1. The first kappa shape index (κ1) is 29.3. The van der Waals surface area contributed by atoms with Crippen molar-refractivity contribution in [2.24, 2.45) is 5.92 Å². The first-order valence-corrected chi connectivity index (χ1v) is 15.2. The number of carbonyl (C=O) groups excluding carboxylic acids is 2. The Kier molecular flexibility index (Phi) is 7.29. The Balaban J connectivity index is 1.20. The molecule has 0 atom stereocenters. The number of para-hydroxylation sites is 1. The Morgan fingerprint density at radius 3 is 2.89 bits per heavy atom. The van der Waals surface area contributed by atoms with Crippen LogP contribution in [0.2, 0.25) is 5.02 Å². The third kappa shape index (κ3) is 5.32. The zero-order chi connectivity index (χ0) is 31.3. The highest BCUT2D eigenvalue weighted by molar-refractivity contribution is 6.32. The average Bonchev–Trinajstić information content (AvgIpc) is 3.66. The minimum Gasteiger partial charge on any atom is -0.493 e. The van der Waals surface area contributed by atoms with Crippen LogP contribution in [0.1, 0.15) is 34.5 Å². The van der Waals surface area contributed by atoms with Crippen molar-refractivity contribution in [1.82, 2.24) is 25.1 Å². The molecule has 4 aliphatic heterocycles. The second kappa shape index (κ2) is 11.2. The van der Waals surface area contributed by atoms with Crippen molar-refractivity contribution in [3.05, 3.63) is 70.7 Å². The molecule has 3 aromatic rings. The highest BCUT2D eigenvalue weighted by atomic mass is 35.5. The van der Waals surface area contributed by atoms with Crippen molar-refractivity contribution < 1.29 is 23.1 Å². The first-order valence-electron chi connectivity index (χ1n) is 14.8. The number of alkyl halides is 2. The zero-order valence-corrected chi connectivity index (χ0v) is 25.3. The number of methoxy groups -OCH3 is 1. The summed E-state index contributed by atoms with van der Waals surface area (Å²) in [6.45, 7) is 0.887. The van der Waals surface area contributed by atoms with E-state index in [9.17, 15) is 18.4 Å². The number of rotatable bonds is 7. The number of aromatic nitrogens is 2. The number of aromatic amines is 1. The molecule has 6 heterocycles. The van der Waals surface area contributed by atoms with Crippen LogP contribution in [-0.4, -0.2) is 82.9 Å². The molecule has 4 fully saturated rings. The number of halogens is 3. The van der Waals surface area contributed by atoms with Crippen molar-refractivity contribution in [1.29, 1.82) is 0 Å². The number of likely N-dealkylation sites (tertiary alicyclic amines) is 1. The summed E-state index contributed by atoms with van der Waals surface area (Å²) in [6.07, 6.45) is 8.68. The lowest BCUT2D eigenvalue weighted by Crippen LogP contribution is -2.55. The van der Waals surface area contributed by atoms with Crippen LogP contribution in [0.3, 0.4) is 0 Å². The van der Waals surface area contributed by atoms with Gasteiger partial charge in [-0.15, -0.1) is 0 Å². The zero-order valence-electron chi connectivity index (χ0n) is 24.6. The molecule has 2 aromatic heterocycles. The quantitative estimate of drug-likeness (QED) is 0.260. The normalized spacial score (nSPS) is 23.0. The van der Waals surface area contributed by atoms with Crippen molar-refractivity contribution in [3.63, 3.8) is 0 Å². The minimum atomic E-state index is -2.64. The number of amides is 2. The maximum Gasteiger partial charge on any atom is 0.272 e. The summed E-state index contributed by atoms with van der Waals surface area (Å²) in [5, 5.41) is 6.75. The molecular formula is C33H31ClF2N6O3. The SMILES string of the molecule is COc1c(Cl)cccc1Nc1c(-c2ccncc2C#CC23CC(CN2C(=O)/C=C/CN2CC(F)(F)C2)C3)[nH]c2c1C(=O)NCC2. The largest absolute Gasteiger partial charge is 0.493 e. The summed E-state index contributed by atoms with van der Waals surface area (Å²) in [5.74, 6) is 4.56. The lowest BCUT2D eigenvalue weighted by atomic mass is 9.73. The van der Waals surface area contributed by atoms with Gasteiger partial charge in [0.05, 0.1) is 53.4 Å². The molecule has 45 heavy (non-hydrogen) atoms. The molecule has 0 radical (unpaired) electrons. The van der Waals surface area contributed by atoms with Gasteiger partial charge in [-0.25, -0.2) is 8.78 Å². The lowest BCUT2D eigenvalue weighted by Gasteiger charge is -2.38. The Bertz CT molecular complexity index is 1780. The van der Waals surface area contributed by atoms with Crippen LogP contribution < -0.4 is 15.4 Å². The van der Waals surface area contributed by atoms with E-state index in [2.05, 4.69) is 32.4 Å². The van der Waals surface area contributed by atoms with E-state index in [1.54, 1.807) is 40.4 Å². The molecule has 3 saturated heterocycles. The monoisotopic (exact) mass is 632 g/mol. The maximum atomic E-state index is 13.2. The molecule has 1 saturated carbocycles. The van der Waals surface area contributed by atoms with Gasteiger partial charge in [-0.3, -0.25) is 19.5 Å². The lowest BCUT2D eigenvalue weighted by molar-refractivity contribution is -0.128. The molecule has 1 aromatic carbocycles. The summed E-state index contributed by atoms with van der Waals surface area (Å²) in [5.41, 5.74) is 3.96. The molecule has 0 unspecified atom stereocenters. The average molecular weight is 633 g/mol. The molecule has 12 heteroatoms. The Morgan fingerprint density at radius 1 is 1.29 bits per heavy atom. The number of carbonyl (C=O) groups is 2. The fourth-order valence-electron chi connectivity index (χ4n) is 6.83. The Labute approximate surface area is 264 Å². The van der Waals surface area contributed by atoms with Gasteiger partial charge >= 0.3 is 0 Å². The van der Waals surface area contributed by atoms with E-state index in [0.29, 0.717) is 70.9 Å². The van der Waals surface area contributed by atoms with Crippen LogP contribution >= 0.6 is 11.6 Å². The van der Waals surface area contributed by atoms with Crippen LogP contribution in [0, 0.1) is 17.8 Å². The predicted molar refractivity (Wildman–Crippen MR) is 166 cm³/mol. The van der Waals surface area contributed by atoms with Gasteiger partial charge in [0, 0.05) is 55.8 Å². The van der Waals surface area contributed by atoms with E-state index in [-0.39, 0.29) is 24.9 Å². The van der Waals surface area contributed by atoms with Gasteiger partial charge in [-0.1, -0.05) is 35.6 Å². The second-order valence-corrected chi connectivity index (χ2v) is 12.4. The maximum absolute atomic E-state index is 13.2. The van der Waals surface area contributed by atoms with Crippen molar-refractivity contribution in [3.8, 4) is 28.8 Å². The topological polar surface area (TPSA) is 103 Å². The van der Waals surface area contributed by atoms with Gasteiger partial charge in [0.1, 0.15) is 5.54 Å². The van der Waals surface area contributed by atoms with Crippen LogP contribution in [0.5, 0.6) is 5.75 Å². The van der Waals surface area contributed by atoms with Crippen LogP contribution in [-0.2, 0) is 11.2 Å². The van der Waals surface area contributed by atoms with Gasteiger partial charge in [-0.2, -0.15) is 0 Å². The summed E-state index contributed by atoms with van der Waals surface area (Å²) in [6, 6.07) is 7.20. The Hall–Kier alpha value is -4.40. The van der Waals surface area contributed by atoms with E-state index in [0.717, 1.165) is 24.1 Å². The summed E-state index contributed by atoms with van der Waals surface area (Å²) in [7, 11) is 1.54. The molecule has 232 valence electrons. The number of nitrogens with zero attached hydrogens (tertiary/aromatic N) is 3. The van der Waals surface area contributed by atoms with E-state index in [1.807, 2.05) is 12.1 Å². The molecule has 9 nitrogen and oxygen atoms in total. The van der Waals surface area contributed by atoms with E-state index < -0.39 is 11.5 Å². The number of hydrogen-bond acceptors (Lipinski definition) is 6. The van der Waals surface area contributed by atoms with Gasteiger partial charge in [-0.05, 0) is 37.0 Å². The van der Waals surface area contributed by atoms with E-state index in [1.165, 1.54) is 13.2 Å². The van der Waals surface area contributed by atoms with Crippen LogP contribution in [0.25, 0.3) is 11.3 Å². The fourth-order valence-corrected chi connectivity index (χ4v) is 7.08. The van der Waals surface area contributed by atoms with Crippen LogP contribution in [0.4, 0.5) is 20.2 Å². The molecule has 8 rings (SSSR count). The number of anilines is 2. The van der Waals surface area contributed by atoms with Gasteiger partial charge in [0.25, 0.3) is 11.8 Å². The van der Waals surface area contributed by atoms with Gasteiger partial charge < -0.3 is 25.3 Å². The third-order valence-electron chi connectivity index (χ3n) is 8.93. The molecule has 5 aliphatic rings. The fraction of sp³-hybridized carbons (Fsp3) is 0.364. The molecule has 1 aliphatic carbocycles. The van der Waals surface area contributed by atoms with Crippen LogP contribution in [0.15, 0.2) is 48.8 Å². The highest BCUT2D eigenvalue weighted by Gasteiger charge is 2.56. The minimum absolute atomic E-state index is 0.159. The summed E-state index contributed by atoms with van der Waals surface area (Å²) >= 11 is 6.40. The molecule has 0 spiro atoms. The van der Waals surface area contributed by atoms with Crippen molar-refractivity contribution in [2.45, 2.75) is 30.7 Å². The summed E-state index contributed by atoms with van der Waals surface area (Å²) in [4.78, 5) is 37.5. The number of fused-ring (bicyclic) bond motifs is 2. The predicted octanol–water partition coefficient (Wildman–Crippen LogP) is 4.62. The summed E-state index contributed by atoms with van der Waals surface area (Å²) < 4.78 is 31.8. The smallest absolute Gasteiger partial charge is 0.272 e. The molecular weight excluding hydrogens is 602 g/mol.